The molecule has 2 heteroatoms. The molecule has 0 spiro atoms. The van der Waals surface area contributed by atoms with Crippen LogP contribution in [0.5, 0.6) is 0 Å². The van der Waals surface area contributed by atoms with Crippen LogP contribution in [0.1, 0.15) is 46.5 Å². The van der Waals surface area contributed by atoms with Gasteiger partial charge in [-0.05, 0) is 18.8 Å². The van der Waals surface area contributed by atoms with Crippen LogP contribution in [-0.4, -0.2) is 19.6 Å². The number of unbranched alkanes of at least 4 members (excludes halogenated alkanes) is 2. The standard InChI is InChI=1S/C10H22O.CH3Cl/c1-4-5-6-8-11-9-7-10(2)3;1-2/h10H,4-9H2,1-3H3;1H3. The van der Waals surface area contributed by atoms with Gasteiger partial charge in [0.05, 0.1) is 0 Å². The first kappa shape index (κ1) is 15.7. The number of hydrogen-bond acceptors (Lipinski definition) is 1. The Balaban J connectivity index is 0. The summed E-state index contributed by atoms with van der Waals surface area (Å²) < 4.78 is 5.45. The Hall–Kier alpha value is 0.250. The molecular weight excluding hydrogens is 184 g/mol. The molecule has 0 unspecified atom stereocenters. The zero-order chi connectivity index (χ0) is 10.5. The summed E-state index contributed by atoms with van der Waals surface area (Å²) in [6.07, 6.45) is 6.50. The third-order valence-corrected chi connectivity index (χ3v) is 1.73. The van der Waals surface area contributed by atoms with Gasteiger partial charge in [0, 0.05) is 19.6 Å². The van der Waals surface area contributed by atoms with Crippen molar-refractivity contribution in [3.8, 4) is 0 Å². The van der Waals surface area contributed by atoms with E-state index in [-0.39, 0.29) is 0 Å². The predicted molar refractivity (Wildman–Crippen MR) is 61.6 cm³/mol. The number of halogens is 1. The SMILES string of the molecule is CCCCCOCCC(C)C.CCl. The molecule has 0 rings (SSSR count). The third-order valence-electron chi connectivity index (χ3n) is 1.73. The average Bonchev–Trinajstić information content (AvgIpc) is 2.14. The van der Waals surface area contributed by atoms with E-state index in [1.807, 2.05) is 0 Å². The summed E-state index contributed by atoms with van der Waals surface area (Å²) in [5.41, 5.74) is 0. The zero-order valence-electron chi connectivity index (χ0n) is 9.61. The summed E-state index contributed by atoms with van der Waals surface area (Å²) in [5, 5.41) is 0. The molecule has 0 radical (unpaired) electrons. The van der Waals surface area contributed by atoms with Crippen molar-refractivity contribution in [3.05, 3.63) is 0 Å². The fourth-order valence-corrected chi connectivity index (χ4v) is 0.875. The molecule has 0 amide bonds. The molecule has 0 heterocycles. The van der Waals surface area contributed by atoms with Crippen LogP contribution in [0.2, 0.25) is 0 Å². The van der Waals surface area contributed by atoms with E-state index in [1.165, 1.54) is 32.1 Å². The predicted octanol–water partition coefficient (Wildman–Crippen LogP) is 4.09. The van der Waals surface area contributed by atoms with Crippen molar-refractivity contribution < 1.29 is 4.74 Å². The van der Waals surface area contributed by atoms with Crippen LogP contribution in [0.4, 0.5) is 0 Å². The first-order valence-corrected chi connectivity index (χ1v) is 5.98. The molecule has 13 heavy (non-hydrogen) atoms. The number of alkyl halides is 1. The van der Waals surface area contributed by atoms with Gasteiger partial charge in [0.2, 0.25) is 0 Å². The third kappa shape index (κ3) is 18.9. The topological polar surface area (TPSA) is 9.23 Å². The lowest BCUT2D eigenvalue weighted by atomic mass is 10.1. The van der Waals surface area contributed by atoms with Gasteiger partial charge in [0.25, 0.3) is 0 Å². The summed E-state index contributed by atoms with van der Waals surface area (Å²) in [6.45, 7) is 8.58. The quantitative estimate of drug-likeness (QED) is 0.452. The summed E-state index contributed by atoms with van der Waals surface area (Å²) in [5.74, 6) is 0.779. The molecule has 0 aromatic carbocycles. The van der Waals surface area contributed by atoms with E-state index in [1.54, 1.807) is 0 Å². The van der Waals surface area contributed by atoms with Gasteiger partial charge in [-0.25, -0.2) is 0 Å². The Labute approximate surface area is 88.8 Å². The minimum absolute atomic E-state index is 0.779. The monoisotopic (exact) mass is 208 g/mol. The molecule has 0 bridgehead atoms. The largest absolute Gasteiger partial charge is 0.381 e. The highest BCUT2D eigenvalue weighted by atomic mass is 35.5. The summed E-state index contributed by atoms with van der Waals surface area (Å²) in [6, 6.07) is 0. The fraction of sp³-hybridized carbons (Fsp3) is 1.00. The van der Waals surface area contributed by atoms with Gasteiger partial charge >= 0.3 is 0 Å². The van der Waals surface area contributed by atoms with Crippen LogP contribution in [0.25, 0.3) is 0 Å². The Kier molecular flexibility index (Phi) is 17.8. The molecule has 0 atom stereocenters. The van der Waals surface area contributed by atoms with Gasteiger partial charge in [-0.2, -0.15) is 0 Å². The van der Waals surface area contributed by atoms with Crippen molar-refractivity contribution in [1.82, 2.24) is 0 Å². The Morgan fingerprint density at radius 3 is 2.15 bits per heavy atom. The van der Waals surface area contributed by atoms with Crippen molar-refractivity contribution in [3.63, 3.8) is 0 Å². The Bertz CT molecular complexity index is 74.5. The molecule has 0 aliphatic heterocycles. The van der Waals surface area contributed by atoms with E-state index in [0.717, 1.165) is 19.1 Å². The smallest absolute Gasteiger partial charge is 0.0468 e. The highest BCUT2D eigenvalue weighted by Crippen LogP contribution is 2.00. The first-order valence-electron chi connectivity index (χ1n) is 5.23. The first-order chi connectivity index (χ1) is 6.27. The molecule has 0 aliphatic rings. The van der Waals surface area contributed by atoms with E-state index in [4.69, 9.17) is 4.74 Å². The Morgan fingerprint density at radius 2 is 1.69 bits per heavy atom. The zero-order valence-corrected chi connectivity index (χ0v) is 10.4. The molecule has 0 saturated heterocycles. The highest BCUT2D eigenvalue weighted by molar-refractivity contribution is 6.15. The van der Waals surface area contributed by atoms with Gasteiger partial charge in [-0.15, -0.1) is 11.6 Å². The van der Waals surface area contributed by atoms with E-state index >= 15 is 0 Å². The maximum atomic E-state index is 5.45. The van der Waals surface area contributed by atoms with Crippen LogP contribution in [0.3, 0.4) is 0 Å². The van der Waals surface area contributed by atoms with Crippen molar-refractivity contribution in [2.45, 2.75) is 46.5 Å². The van der Waals surface area contributed by atoms with Crippen molar-refractivity contribution in [2.75, 3.05) is 19.6 Å². The second-order valence-electron chi connectivity index (χ2n) is 3.50. The lowest BCUT2D eigenvalue weighted by molar-refractivity contribution is 0.120. The summed E-state index contributed by atoms with van der Waals surface area (Å²) in [4.78, 5) is 0. The van der Waals surface area contributed by atoms with E-state index in [2.05, 4.69) is 32.4 Å². The lowest BCUT2D eigenvalue weighted by Gasteiger charge is -2.05. The number of hydrogen-bond donors (Lipinski definition) is 0. The second-order valence-corrected chi connectivity index (χ2v) is 3.50. The van der Waals surface area contributed by atoms with Crippen LogP contribution in [-0.2, 0) is 4.74 Å². The van der Waals surface area contributed by atoms with Crippen molar-refractivity contribution in [2.24, 2.45) is 5.92 Å². The lowest BCUT2D eigenvalue weighted by Crippen LogP contribution is -2.00. The van der Waals surface area contributed by atoms with Crippen molar-refractivity contribution in [1.29, 1.82) is 0 Å². The van der Waals surface area contributed by atoms with E-state index in [9.17, 15) is 0 Å². The molecular formula is C11H25ClO. The maximum Gasteiger partial charge on any atom is 0.0468 e. The van der Waals surface area contributed by atoms with Gasteiger partial charge in [0.1, 0.15) is 0 Å². The van der Waals surface area contributed by atoms with Crippen LogP contribution < -0.4 is 0 Å². The van der Waals surface area contributed by atoms with E-state index < -0.39 is 0 Å². The van der Waals surface area contributed by atoms with Gasteiger partial charge in [-0.3, -0.25) is 0 Å². The number of ether oxygens (including phenoxy) is 1. The van der Waals surface area contributed by atoms with Crippen molar-refractivity contribution >= 4 is 11.6 Å². The average molecular weight is 209 g/mol. The molecule has 0 aromatic rings. The molecule has 82 valence electrons. The normalized spacial score (nSPS) is 9.69. The van der Waals surface area contributed by atoms with Gasteiger partial charge < -0.3 is 4.74 Å². The molecule has 0 aromatic heterocycles. The minimum Gasteiger partial charge on any atom is -0.381 e. The molecule has 0 aliphatic carbocycles. The summed E-state index contributed by atoms with van der Waals surface area (Å²) in [7, 11) is 0. The summed E-state index contributed by atoms with van der Waals surface area (Å²) >= 11 is 4.64. The van der Waals surface area contributed by atoms with Crippen LogP contribution in [0, 0.1) is 5.92 Å². The van der Waals surface area contributed by atoms with E-state index in [0.29, 0.717) is 0 Å². The number of rotatable bonds is 7. The van der Waals surface area contributed by atoms with Crippen LogP contribution in [0.15, 0.2) is 0 Å². The maximum absolute atomic E-state index is 5.45. The van der Waals surface area contributed by atoms with Gasteiger partial charge in [-0.1, -0.05) is 33.6 Å². The Morgan fingerprint density at radius 1 is 1.08 bits per heavy atom. The molecule has 0 saturated carbocycles. The second kappa shape index (κ2) is 14.8. The van der Waals surface area contributed by atoms with Gasteiger partial charge in [0.15, 0.2) is 0 Å². The minimum atomic E-state index is 0.779. The van der Waals surface area contributed by atoms with Crippen LogP contribution >= 0.6 is 11.6 Å². The molecule has 0 N–H and O–H groups in total. The molecule has 0 fully saturated rings. The molecule has 1 nitrogen and oxygen atoms in total. The fourth-order valence-electron chi connectivity index (χ4n) is 0.875. The highest BCUT2D eigenvalue weighted by Gasteiger charge is 1.92.